The van der Waals surface area contributed by atoms with Gasteiger partial charge in [-0.25, -0.2) is 0 Å². The van der Waals surface area contributed by atoms with Crippen LogP contribution in [0.15, 0.2) is 48.2 Å². The summed E-state index contributed by atoms with van der Waals surface area (Å²) in [5.74, 6) is 0. The van der Waals surface area contributed by atoms with Crippen LogP contribution in [-0.2, 0) is 0 Å². The summed E-state index contributed by atoms with van der Waals surface area (Å²) in [7, 11) is 0. The van der Waals surface area contributed by atoms with Crippen molar-refractivity contribution in [1.29, 1.82) is 0 Å². The molecule has 0 atom stereocenters. The molecule has 2 nitrogen and oxygen atoms in total. The van der Waals surface area contributed by atoms with Crippen LogP contribution in [0, 0.1) is 13.8 Å². The topological polar surface area (TPSA) is 25.8 Å². The number of thiophene rings is 1. The molecule has 0 aliphatic rings. The Balaban J connectivity index is 2.14. The van der Waals surface area contributed by atoms with Gasteiger partial charge in [0.2, 0.25) is 0 Å². The Morgan fingerprint density at radius 1 is 1.16 bits per heavy atom. The van der Waals surface area contributed by atoms with Crippen LogP contribution in [0.4, 0.5) is 0 Å². The minimum atomic E-state index is 0.862. The Kier molecular flexibility index (Phi) is 3.13. The van der Waals surface area contributed by atoms with E-state index in [1.165, 1.54) is 10.4 Å². The molecule has 0 saturated carbocycles. The third kappa shape index (κ3) is 2.29. The van der Waals surface area contributed by atoms with Crippen molar-refractivity contribution in [3.05, 3.63) is 65.6 Å². The van der Waals surface area contributed by atoms with E-state index in [0.717, 1.165) is 22.4 Å². The van der Waals surface area contributed by atoms with Gasteiger partial charge in [-0.2, -0.15) is 0 Å². The molecule has 0 fully saturated rings. The van der Waals surface area contributed by atoms with Crippen molar-refractivity contribution in [2.75, 3.05) is 0 Å². The van der Waals surface area contributed by atoms with Gasteiger partial charge in [-0.05, 0) is 42.0 Å². The Hall–Kier alpha value is -2.00. The van der Waals surface area contributed by atoms with Crippen molar-refractivity contribution in [3.63, 3.8) is 0 Å². The highest BCUT2D eigenvalue weighted by molar-refractivity contribution is 7.10. The van der Waals surface area contributed by atoms with Crippen LogP contribution in [0.2, 0.25) is 0 Å². The first-order chi connectivity index (χ1) is 9.25. The van der Waals surface area contributed by atoms with E-state index < -0.39 is 0 Å². The second-order valence-electron chi connectivity index (χ2n) is 4.37. The van der Waals surface area contributed by atoms with Gasteiger partial charge in [-0.15, -0.1) is 11.3 Å². The summed E-state index contributed by atoms with van der Waals surface area (Å²) < 4.78 is 0. The van der Waals surface area contributed by atoms with E-state index in [-0.39, 0.29) is 0 Å². The summed E-state index contributed by atoms with van der Waals surface area (Å²) in [5.41, 5.74) is 5.28. The van der Waals surface area contributed by atoms with E-state index in [1.807, 2.05) is 12.1 Å². The van der Waals surface area contributed by atoms with Gasteiger partial charge in [0.15, 0.2) is 0 Å². The van der Waals surface area contributed by atoms with Crippen molar-refractivity contribution < 1.29 is 0 Å². The van der Waals surface area contributed by atoms with E-state index in [9.17, 15) is 0 Å². The van der Waals surface area contributed by atoms with E-state index in [0.29, 0.717) is 0 Å². The number of benzene rings is 1. The van der Waals surface area contributed by atoms with Crippen molar-refractivity contribution in [2.24, 2.45) is 0 Å². The fourth-order valence-electron chi connectivity index (χ4n) is 2.12. The van der Waals surface area contributed by atoms with E-state index in [4.69, 9.17) is 0 Å². The Morgan fingerprint density at radius 2 is 2.00 bits per heavy atom. The van der Waals surface area contributed by atoms with Crippen LogP contribution in [0.25, 0.3) is 22.4 Å². The van der Waals surface area contributed by atoms with Crippen molar-refractivity contribution >= 4 is 11.3 Å². The predicted molar refractivity (Wildman–Crippen MR) is 80.0 cm³/mol. The Morgan fingerprint density at radius 3 is 2.68 bits per heavy atom. The molecule has 93 valence electrons. The van der Waals surface area contributed by atoms with Gasteiger partial charge < -0.3 is 0 Å². The maximum absolute atomic E-state index is 4.35. The van der Waals surface area contributed by atoms with Gasteiger partial charge in [0.05, 0.1) is 11.9 Å². The molecule has 1 radical (unpaired) electrons. The van der Waals surface area contributed by atoms with Gasteiger partial charge in [0.25, 0.3) is 0 Å². The number of hydrogen-bond donors (Lipinski definition) is 0. The molecular weight excluding hydrogens is 252 g/mol. The SMILES string of the molecule is [CH2]c1c(-c2csc(C)c2)cccc1-c1cnccn1. The van der Waals surface area contributed by atoms with Crippen LogP contribution in [0.1, 0.15) is 10.4 Å². The number of rotatable bonds is 2. The highest BCUT2D eigenvalue weighted by Gasteiger charge is 2.09. The maximum Gasteiger partial charge on any atom is 0.0888 e. The molecule has 0 aliphatic heterocycles. The minimum Gasteiger partial charge on any atom is -0.261 e. The first-order valence-corrected chi connectivity index (χ1v) is 6.90. The number of hydrogen-bond acceptors (Lipinski definition) is 3. The third-order valence-corrected chi connectivity index (χ3v) is 3.92. The summed E-state index contributed by atoms with van der Waals surface area (Å²) in [5, 5.41) is 2.17. The first kappa shape index (κ1) is 12.1. The smallest absolute Gasteiger partial charge is 0.0888 e. The highest BCUT2D eigenvalue weighted by atomic mass is 32.1. The second-order valence-corrected chi connectivity index (χ2v) is 5.48. The van der Waals surface area contributed by atoms with Crippen LogP contribution in [0.3, 0.4) is 0 Å². The van der Waals surface area contributed by atoms with E-state index in [2.05, 4.69) is 41.3 Å². The molecule has 0 saturated heterocycles. The average molecular weight is 265 g/mol. The van der Waals surface area contributed by atoms with Gasteiger partial charge in [0, 0.05) is 22.8 Å². The quantitative estimate of drug-likeness (QED) is 0.688. The normalized spacial score (nSPS) is 10.6. The van der Waals surface area contributed by atoms with Crippen molar-refractivity contribution in [3.8, 4) is 22.4 Å². The molecule has 0 amide bonds. The van der Waals surface area contributed by atoms with Crippen molar-refractivity contribution in [2.45, 2.75) is 6.92 Å². The average Bonchev–Trinajstić information content (AvgIpc) is 2.86. The zero-order chi connectivity index (χ0) is 13.2. The number of nitrogens with zero attached hydrogens (tertiary/aromatic N) is 2. The van der Waals surface area contributed by atoms with Gasteiger partial charge in [-0.1, -0.05) is 18.2 Å². The zero-order valence-corrected chi connectivity index (χ0v) is 11.4. The second kappa shape index (κ2) is 4.94. The fraction of sp³-hybridized carbons (Fsp3) is 0.0625. The predicted octanol–water partition coefficient (Wildman–Crippen LogP) is 4.36. The Labute approximate surface area is 116 Å². The molecule has 0 unspecified atom stereocenters. The summed E-state index contributed by atoms with van der Waals surface area (Å²) in [6.45, 7) is 6.33. The zero-order valence-electron chi connectivity index (χ0n) is 10.6. The monoisotopic (exact) mass is 265 g/mol. The third-order valence-electron chi connectivity index (χ3n) is 3.06. The summed E-state index contributed by atoms with van der Waals surface area (Å²) in [6.07, 6.45) is 5.15. The summed E-state index contributed by atoms with van der Waals surface area (Å²) >= 11 is 1.75. The van der Waals surface area contributed by atoms with Gasteiger partial charge >= 0.3 is 0 Å². The summed E-state index contributed by atoms with van der Waals surface area (Å²) in [6, 6.07) is 8.37. The lowest BCUT2D eigenvalue weighted by atomic mass is 9.96. The standard InChI is InChI=1S/C16H13N2S/c1-11-8-13(10-19-11)14-4-3-5-15(12(14)2)16-9-17-6-7-18-16/h3-10H,2H2,1H3. The van der Waals surface area contributed by atoms with Crippen LogP contribution >= 0.6 is 11.3 Å². The summed E-state index contributed by atoms with van der Waals surface area (Å²) in [4.78, 5) is 9.78. The molecule has 2 aromatic heterocycles. The van der Waals surface area contributed by atoms with Crippen LogP contribution in [-0.4, -0.2) is 9.97 Å². The van der Waals surface area contributed by atoms with Gasteiger partial charge in [-0.3, -0.25) is 9.97 Å². The molecule has 0 spiro atoms. The maximum atomic E-state index is 4.35. The molecule has 1 aromatic carbocycles. The molecule has 3 rings (SSSR count). The molecular formula is C16H13N2S. The molecule has 0 N–H and O–H groups in total. The lowest BCUT2D eigenvalue weighted by Gasteiger charge is -2.09. The minimum absolute atomic E-state index is 0.862. The Bertz CT molecular complexity index is 702. The lowest BCUT2D eigenvalue weighted by Crippen LogP contribution is -1.90. The van der Waals surface area contributed by atoms with Crippen LogP contribution < -0.4 is 0 Å². The molecule has 0 aliphatic carbocycles. The van der Waals surface area contributed by atoms with Crippen LogP contribution in [0.5, 0.6) is 0 Å². The molecule has 3 heteroatoms. The molecule has 2 heterocycles. The molecule has 19 heavy (non-hydrogen) atoms. The van der Waals surface area contributed by atoms with Gasteiger partial charge in [0.1, 0.15) is 0 Å². The first-order valence-electron chi connectivity index (χ1n) is 6.02. The van der Waals surface area contributed by atoms with Crippen molar-refractivity contribution in [1.82, 2.24) is 9.97 Å². The van der Waals surface area contributed by atoms with E-state index in [1.54, 1.807) is 29.9 Å². The lowest BCUT2D eigenvalue weighted by molar-refractivity contribution is 1.20. The largest absolute Gasteiger partial charge is 0.261 e. The van der Waals surface area contributed by atoms with E-state index >= 15 is 0 Å². The molecule has 3 aromatic rings. The highest BCUT2D eigenvalue weighted by Crippen LogP contribution is 2.32. The number of aromatic nitrogens is 2. The fourth-order valence-corrected chi connectivity index (χ4v) is 2.82. The molecule has 0 bridgehead atoms. The number of aryl methyl sites for hydroxylation is 1.